The zero-order valence-corrected chi connectivity index (χ0v) is 15.1. The molecule has 5 nitrogen and oxygen atoms in total. The summed E-state index contributed by atoms with van der Waals surface area (Å²) < 4.78 is 12.9. The van der Waals surface area contributed by atoms with Gasteiger partial charge in [-0.05, 0) is 57.6 Å². The van der Waals surface area contributed by atoms with Crippen molar-refractivity contribution in [2.45, 2.75) is 25.7 Å². The van der Waals surface area contributed by atoms with Crippen LogP contribution in [0.2, 0.25) is 0 Å². The number of hydrogen-bond acceptors (Lipinski definition) is 3. The summed E-state index contributed by atoms with van der Waals surface area (Å²) in [7, 11) is 4.03. The maximum absolute atomic E-state index is 12.9. The average molecular weight is 349 g/mol. The lowest BCUT2D eigenvalue weighted by Crippen LogP contribution is -2.43. The van der Waals surface area contributed by atoms with Crippen LogP contribution in [0.4, 0.5) is 4.39 Å². The molecule has 1 aromatic carbocycles. The molecule has 6 heteroatoms. The van der Waals surface area contributed by atoms with Crippen molar-refractivity contribution in [2.24, 2.45) is 5.92 Å². The van der Waals surface area contributed by atoms with Gasteiger partial charge in [0.2, 0.25) is 11.8 Å². The number of nitrogens with zero attached hydrogens (tertiary/aromatic N) is 2. The smallest absolute Gasteiger partial charge is 0.226 e. The Bertz CT molecular complexity index is 567. The van der Waals surface area contributed by atoms with E-state index >= 15 is 0 Å². The van der Waals surface area contributed by atoms with Gasteiger partial charge in [-0.2, -0.15) is 0 Å². The van der Waals surface area contributed by atoms with Gasteiger partial charge in [-0.25, -0.2) is 4.39 Å². The average Bonchev–Trinajstić information content (AvgIpc) is 2.60. The van der Waals surface area contributed by atoms with Crippen LogP contribution in [0.15, 0.2) is 24.3 Å². The summed E-state index contributed by atoms with van der Waals surface area (Å²) in [5.74, 6) is -0.163. The fourth-order valence-corrected chi connectivity index (χ4v) is 3.03. The van der Waals surface area contributed by atoms with E-state index in [0.717, 1.165) is 18.5 Å². The van der Waals surface area contributed by atoms with Crippen LogP contribution in [0, 0.1) is 11.7 Å². The van der Waals surface area contributed by atoms with E-state index in [-0.39, 0.29) is 30.0 Å². The topological polar surface area (TPSA) is 52.7 Å². The number of piperidine rings is 1. The summed E-state index contributed by atoms with van der Waals surface area (Å²) >= 11 is 0. The largest absolute Gasteiger partial charge is 0.356 e. The predicted octanol–water partition coefficient (Wildman–Crippen LogP) is 1.67. The highest BCUT2D eigenvalue weighted by Crippen LogP contribution is 2.18. The minimum atomic E-state index is -0.298. The first kappa shape index (κ1) is 19.4. The van der Waals surface area contributed by atoms with Gasteiger partial charge in [0.25, 0.3) is 0 Å². The molecule has 0 saturated carbocycles. The molecular weight excluding hydrogens is 321 g/mol. The molecule has 138 valence electrons. The number of carbonyl (C=O) groups is 2. The Morgan fingerprint density at radius 3 is 2.44 bits per heavy atom. The summed E-state index contributed by atoms with van der Waals surface area (Å²) in [5.41, 5.74) is 0.812. The van der Waals surface area contributed by atoms with Crippen molar-refractivity contribution in [3.05, 3.63) is 35.6 Å². The van der Waals surface area contributed by atoms with Crippen molar-refractivity contribution in [1.82, 2.24) is 15.1 Å². The lowest BCUT2D eigenvalue weighted by Gasteiger charge is -2.31. The minimum Gasteiger partial charge on any atom is -0.356 e. The first-order chi connectivity index (χ1) is 12.0. The van der Waals surface area contributed by atoms with Crippen molar-refractivity contribution in [3.8, 4) is 0 Å². The summed E-state index contributed by atoms with van der Waals surface area (Å²) in [6.07, 6.45) is 2.62. The molecular formula is C19H28FN3O2. The van der Waals surface area contributed by atoms with Crippen molar-refractivity contribution in [3.63, 3.8) is 0 Å². The standard InChI is InChI=1S/C19H28FN3O2/c1-22(2)11-3-10-21-19(25)16-8-12-23(13-9-16)18(24)14-15-4-6-17(20)7-5-15/h4-7,16H,3,8-14H2,1-2H3,(H,21,25). The number of carbonyl (C=O) groups excluding carboxylic acids is 2. The van der Waals surface area contributed by atoms with Gasteiger partial charge in [0.15, 0.2) is 0 Å². The highest BCUT2D eigenvalue weighted by molar-refractivity contribution is 5.81. The molecule has 0 aliphatic carbocycles. The van der Waals surface area contributed by atoms with Gasteiger partial charge in [0.05, 0.1) is 6.42 Å². The maximum Gasteiger partial charge on any atom is 0.226 e. The van der Waals surface area contributed by atoms with E-state index < -0.39 is 0 Å². The van der Waals surface area contributed by atoms with Crippen LogP contribution in [-0.2, 0) is 16.0 Å². The van der Waals surface area contributed by atoms with E-state index in [1.165, 1.54) is 12.1 Å². The van der Waals surface area contributed by atoms with E-state index in [4.69, 9.17) is 0 Å². The first-order valence-electron chi connectivity index (χ1n) is 8.90. The number of rotatable bonds is 7. The summed E-state index contributed by atoms with van der Waals surface area (Å²) in [5, 5.41) is 2.99. The molecule has 0 spiro atoms. The third-order valence-corrected chi connectivity index (χ3v) is 4.57. The summed E-state index contributed by atoms with van der Waals surface area (Å²) in [4.78, 5) is 28.4. The quantitative estimate of drug-likeness (QED) is 0.762. The monoisotopic (exact) mass is 349 g/mol. The third kappa shape index (κ3) is 6.46. The number of halogens is 1. The number of likely N-dealkylation sites (tertiary alicyclic amines) is 1. The molecule has 0 bridgehead atoms. The second-order valence-electron chi connectivity index (χ2n) is 6.91. The molecule has 1 aliphatic rings. The summed E-state index contributed by atoms with van der Waals surface area (Å²) in [6, 6.07) is 6.02. The fraction of sp³-hybridized carbons (Fsp3) is 0.579. The van der Waals surface area contributed by atoms with E-state index in [9.17, 15) is 14.0 Å². The summed E-state index contributed by atoms with van der Waals surface area (Å²) in [6.45, 7) is 2.86. The van der Waals surface area contributed by atoms with Crippen molar-refractivity contribution in [2.75, 3.05) is 40.3 Å². The lowest BCUT2D eigenvalue weighted by atomic mass is 9.95. The Balaban J connectivity index is 1.70. The predicted molar refractivity (Wildman–Crippen MR) is 95.6 cm³/mol. The molecule has 0 aromatic heterocycles. The molecule has 1 fully saturated rings. The van der Waals surface area contributed by atoms with Crippen LogP contribution >= 0.6 is 0 Å². The van der Waals surface area contributed by atoms with Crippen LogP contribution in [0.1, 0.15) is 24.8 Å². The van der Waals surface area contributed by atoms with Crippen LogP contribution < -0.4 is 5.32 Å². The van der Waals surface area contributed by atoms with E-state index in [0.29, 0.717) is 32.5 Å². The minimum absolute atomic E-state index is 0.00535. The Kier molecular flexibility index (Phi) is 7.37. The number of amides is 2. The second kappa shape index (κ2) is 9.51. The number of nitrogens with one attached hydrogen (secondary N) is 1. The van der Waals surface area contributed by atoms with Crippen LogP contribution in [0.3, 0.4) is 0 Å². The van der Waals surface area contributed by atoms with Crippen LogP contribution in [0.25, 0.3) is 0 Å². The second-order valence-corrected chi connectivity index (χ2v) is 6.91. The third-order valence-electron chi connectivity index (χ3n) is 4.57. The highest BCUT2D eigenvalue weighted by Gasteiger charge is 2.27. The maximum atomic E-state index is 12.9. The van der Waals surface area contributed by atoms with E-state index in [1.807, 2.05) is 14.1 Å². The molecule has 25 heavy (non-hydrogen) atoms. The molecule has 1 aromatic rings. The van der Waals surface area contributed by atoms with Gasteiger partial charge in [0, 0.05) is 25.6 Å². The van der Waals surface area contributed by atoms with E-state index in [2.05, 4.69) is 10.2 Å². The van der Waals surface area contributed by atoms with Crippen LogP contribution in [0.5, 0.6) is 0 Å². The van der Waals surface area contributed by atoms with Crippen molar-refractivity contribution >= 4 is 11.8 Å². The molecule has 2 amide bonds. The lowest BCUT2D eigenvalue weighted by molar-refractivity contribution is -0.135. The van der Waals surface area contributed by atoms with Crippen LogP contribution in [-0.4, -0.2) is 61.9 Å². The van der Waals surface area contributed by atoms with Gasteiger partial charge >= 0.3 is 0 Å². The number of hydrogen-bond donors (Lipinski definition) is 1. The zero-order valence-electron chi connectivity index (χ0n) is 15.1. The molecule has 0 radical (unpaired) electrons. The Hall–Kier alpha value is -1.95. The van der Waals surface area contributed by atoms with E-state index in [1.54, 1.807) is 17.0 Å². The van der Waals surface area contributed by atoms with Gasteiger partial charge in [-0.3, -0.25) is 9.59 Å². The number of benzene rings is 1. The molecule has 1 saturated heterocycles. The normalized spacial score (nSPS) is 15.4. The van der Waals surface area contributed by atoms with Gasteiger partial charge in [-0.1, -0.05) is 12.1 Å². The molecule has 1 N–H and O–H groups in total. The Morgan fingerprint density at radius 2 is 1.84 bits per heavy atom. The van der Waals surface area contributed by atoms with Gasteiger partial charge < -0.3 is 15.1 Å². The van der Waals surface area contributed by atoms with Crippen molar-refractivity contribution in [1.29, 1.82) is 0 Å². The molecule has 2 rings (SSSR count). The van der Waals surface area contributed by atoms with Gasteiger partial charge in [-0.15, -0.1) is 0 Å². The molecule has 1 aliphatic heterocycles. The Labute approximate surface area is 149 Å². The Morgan fingerprint density at radius 1 is 1.20 bits per heavy atom. The molecule has 1 heterocycles. The SMILES string of the molecule is CN(C)CCCNC(=O)C1CCN(C(=O)Cc2ccc(F)cc2)CC1. The molecule has 0 atom stereocenters. The first-order valence-corrected chi connectivity index (χ1v) is 8.90. The highest BCUT2D eigenvalue weighted by atomic mass is 19.1. The zero-order chi connectivity index (χ0) is 18.2. The molecule has 0 unspecified atom stereocenters. The fourth-order valence-electron chi connectivity index (χ4n) is 3.03. The van der Waals surface area contributed by atoms with Crippen molar-refractivity contribution < 1.29 is 14.0 Å². The van der Waals surface area contributed by atoms with Gasteiger partial charge in [0.1, 0.15) is 5.82 Å².